The van der Waals surface area contributed by atoms with E-state index in [1.807, 2.05) is 12.1 Å². The van der Waals surface area contributed by atoms with Crippen LogP contribution in [0.2, 0.25) is 0 Å². The molecule has 0 N–H and O–H groups in total. The van der Waals surface area contributed by atoms with Crippen molar-refractivity contribution in [1.82, 2.24) is 10.2 Å². The Morgan fingerprint density at radius 1 is 1.00 bits per heavy atom. The van der Waals surface area contributed by atoms with Crippen LogP contribution >= 0.6 is 0 Å². The number of unbranched alkanes of at least 4 members (excludes halogenated alkanes) is 2. The fourth-order valence-electron chi connectivity index (χ4n) is 3.80. The minimum Gasteiger partial charge on any atom is -0.247 e. The van der Waals surface area contributed by atoms with Crippen LogP contribution in [0.5, 0.6) is 0 Å². The molecule has 23 heavy (non-hydrogen) atoms. The number of alkyl halides is 1. The molecule has 1 aliphatic carbocycles. The van der Waals surface area contributed by atoms with Crippen molar-refractivity contribution in [2.45, 2.75) is 90.6 Å². The van der Waals surface area contributed by atoms with Crippen LogP contribution in [-0.2, 0) is 12.8 Å². The molecule has 1 aromatic heterocycles. The van der Waals surface area contributed by atoms with E-state index < -0.39 is 6.17 Å². The van der Waals surface area contributed by atoms with Crippen LogP contribution in [0, 0.1) is 11.8 Å². The molecule has 1 unspecified atom stereocenters. The zero-order valence-electron chi connectivity index (χ0n) is 14.9. The number of aryl methyl sites for hydroxylation is 1. The molecule has 0 amide bonds. The van der Waals surface area contributed by atoms with Gasteiger partial charge in [-0.2, -0.15) is 10.2 Å². The topological polar surface area (TPSA) is 25.8 Å². The van der Waals surface area contributed by atoms with Crippen LogP contribution in [0.4, 0.5) is 4.39 Å². The molecule has 0 radical (unpaired) electrons. The van der Waals surface area contributed by atoms with Crippen molar-refractivity contribution in [3.05, 3.63) is 23.5 Å². The Morgan fingerprint density at radius 3 is 2.30 bits per heavy atom. The third-order valence-corrected chi connectivity index (χ3v) is 5.32. The second kappa shape index (κ2) is 10.00. The van der Waals surface area contributed by atoms with Gasteiger partial charge in [0.1, 0.15) is 6.17 Å². The van der Waals surface area contributed by atoms with E-state index in [9.17, 15) is 4.39 Å². The van der Waals surface area contributed by atoms with Crippen molar-refractivity contribution in [2.75, 3.05) is 0 Å². The van der Waals surface area contributed by atoms with Crippen molar-refractivity contribution >= 4 is 0 Å². The van der Waals surface area contributed by atoms with Gasteiger partial charge in [0.15, 0.2) is 0 Å². The lowest BCUT2D eigenvalue weighted by atomic mass is 9.77. The quantitative estimate of drug-likeness (QED) is 0.546. The van der Waals surface area contributed by atoms with Gasteiger partial charge in [0, 0.05) is 6.42 Å². The summed E-state index contributed by atoms with van der Waals surface area (Å²) in [4.78, 5) is 0. The minimum absolute atomic E-state index is 0.231. The Morgan fingerprint density at radius 2 is 1.70 bits per heavy atom. The van der Waals surface area contributed by atoms with Crippen LogP contribution < -0.4 is 0 Å². The van der Waals surface area contributed by atoms with E-state index in [1.54, 1.807) is 0 Å². The fraction of sp³-hybridized carbons (Fsp3) is 0.800. The fourth-order valence-corrected chi connectivity index (χ4v) is 3.80. The smallest absolute Gasteiger partial charge is 0.108 e. The second-order valence-electron chi connectivity index (χ2n) is 7.26. The lowest BCUT2D eigenvalue weighted by molar-refractivity contribution is 0.151. The Bertz CT molecular complexity index is 424. The first-order valence-electron chi connectivity index (χ1n) is 9.68. The predicted molar refractivity (Wildman–Crippen MR) is 94.2 cm³/mol. The molecule has 0 spiro atoms. The van der Waals surface area contributed by atoms with Crippen LogP contribution in [0.1, 0.15) is 83.0 Å². The zero-order chi connectivity index (χ0) is 16.5. The first-order chi connectivity index (χ1) is 11.2. The van der Waals surface area contributed by atoms with Crippen LogP contribution in [-0.4, -0.2) is 16.4 Å². The molecule has 1 aromatic rings. The lowest BCUT2D eigenvalue weighted by Crippen LogP contribution is -2.25. The maximum Gasteiger partial charge on any atom is 0.108 e. The van der Waals surface area contributed by atoms with Gasteiger partial charge in [0.05, 0.1) is 11.4 Å². The van der Waals surface area contributed by atoms with Crippen LogP contribution in [0.15, 0.2) is 12.1 Å². The van der Waals surface area contributed by atoms with Crippen molar-refractivity contribution in [2.24, 2.45) is 11.8 Å². The van der Waals surface area contributed by atoms with Crippen molar-refractivity contribution in [3.8, 4) is 0 Å². The Hall–Kier alpha value is -0.990. The Labute approximate surface area is 141 Å². The first kappa shape index (κ1) is 18.4. The van der Waals surface area contributed by atoms with Crippen LogP contribution in [0.3, 0.4) is 0 Å². The van der Waals surface area contributed by atoms with E-state index in [2.05, 4.69) is 24.0 Å². The largest absolute Gasteiger partial charge is 0.247 e. The molecule has 130 valence electrons. The molecule has 2 nitrogen and oxygen atoms in total. The highest BCUT2D eigenvalue weighted by Crippen LogP contribution is 2.35. The van der Waals surface area contributed by atoms with E-state index in [4.69, 9.17) is 0 Å². The molecule has 0 saturated heterocycles. The highest BCUT2D eigenvalue weighted by atomic mass is 19.1. The normalized spacial score (nSPS) is 22.9. The van der Waals surface area contributed by atoms with E-state index in [1.165, 1.54) is 38.5 Å². The third-order valence-electron chi connectivity index (χ3n) is 5.32. The molecule has 0 bridgehead atoms. The highest BCUT2D eigenvalue weighted by Gasteiger charge is 2.27. The number of rotatable bonds is 9. The predicted octanol–water partition coefficient (Wildman–Crippen LogP) is 5.70. The molecule has 1 atom stereocenters. The maximum absolute atomic E-state index is 14.6. The summed E-state index contributed by atoms with van der Waals surface area (Å²) in [5, 5.41) is 8.52. The average molecular weight is 320 g/mol. The van der Waals surface area contributed by atoms with Crippen molar-refractivity contribution in [1.29, 1.82) is 0 Å². The maximum atomic E-state index is 14.6. The summed E-state index contributed by atoms with van der Waals surface area (Å²) in [7, 11) is 0. The van der Waals surface area contributed by atoms with Gasteiger partial charge in [-0.05, 0) is 49.7 Å². The van der Waals surface area contributed by atoms with E-state index in [-0.39, 0.29) is 5.92 Å². The molecular weight excluding hydrogens is 287 g/mol. The number of hydrogen-bond donors (Lipinski definition) is 0. The van der Waals surface area contributed by atoms with E-state index >= 15 is 0 Å². The molecular formula is C20H33FN2. The minimum atomic E-state index is -0.752. The molecule has 1 fully saturated rings. The third kappa shape index (κ3) is 6.19. The van der Waals surface area contributed by atoms with E-state index in [0.717, 1.165) is 43.0 Å². The lowest BCUT2D eigenvalue weighted by Gasteiger charge is -2.30. The summed E-state index contributed by atoms with van der Waals surface area (Å²) in [5.41, 5.74) is 1.85. The van der Waals surface area contributed by atoms with Gasteiger partial charge in [-0.1, -0.05) is 52.4 Å². The van der Waals surface area contributed by atoms with Crippen molar-refractivity contribution in [3.63, 3.8) is 0 Å². The summed E-state index contributed by atoms with van der Waals surface area (Å²) in [5.74, 6) is 1.07. The van der Waals surface area contributed by atoms with Gasteiger partial charge >= 0.3 is 0 Å². The van der Waals surface area contributed by atoms with E-state index in [0.29, 0.717) is 6.42 Å². The Balaban J connectivity index is 1.75. The van der Waals surface area contributed by atoms with Gasteiger partial charge < -0.3 is 0 Å². The second-order valence-corrected chi connectivity index (χ2v) is 7.26. The summed E-state index contributed by atoms with van der Waals surface area (Å²) >= 11 is 0. The van der Waals surface area contributed by atoms with Gasteiger partial charge in [-0.25, -0.2) is 4.39 Å². The standard InChI is InChI=1S/C20H33FN2/c1-3-5-6-8-18-13-14-19(23-22-18)15-20(21)17-11-9-16(7-4-2)10-12-17/h13-14,16-17,20H,3-12,15H2,1-2H3/t16-,17-,20?. The zero-order valence-corrected chi connectivity index (χ0v) is 14.9. The van der Waals surface area contributed by atoms with Gasteiger partial charge in [0.2, 0.25) is 0 Å². The van der Waals surface area contributed by atoms with Gasteiger partial charge in [-0.15, -0.1) is 0 Å². The van der Waals surface area contributed by atoms with Gasteiger partial charge in [-0.3, -0.25) is 0 Å². The number of hydrogen-bond acceptors (Lipinski definition) is 2. The summed E-state index contributed by atoms with van der Waals surface area (Å²) in [6.07, 6.45) is 11.4. The summed E-state index contributed by atoms with van der Waals surface area (Å²) in [6.45, 7) is 4.44. The molecule has 2 rings (SSSR count). The number of nitrogens with zero attached hydrogens (tertiary/aromatic N) is 2. The average Bonchev–Trinajstić information content (AvgIpc) is 2.57. The molecule has 1 aliphatic rings. The molecule has 1 heterocycles. The molecule has 3 heteroatoms. The molecule has 0 aromatic carbocycles. The Kier molecular flexibility index (Phi) is 7.98. The van der Waals surface area contributed by atoms with Crippen LogP contribution in [0.25, 0.3) is 0 Å². The SMILES string of the molecule is CCCCCc1ccc(CC(F)[C@H]2CC[C@H](CCC)CC2)nn1. The summed E-state index contributed by atoms with van der Waals surface area (Å²) in [6, 6.07) is 4.01. The number of aromatic nitrogens is 2. The summed E-state index contributed by atoms with van der Waals surface area (Å²) < 4.78 is 14.6. The molecule has 0 aliphatic heterocycles. The monoisotopic (exact) mass is 320 g/mol. The highest BCUT2D eigenvalue weighted by molar-refractivity contribution is 5.08. The van der Waals surface area contributed by atoms with Crippen molar-refractivity contribution < 1.29 is 4.39 Å². The van der Waals surface area contributed by atoms with Gasteiger partial charge in [0.25, 0.3) is 0 Å². The number of halogens is 1. The molecule has 1 saturated carbocycles. The first-order valence-corrected chi connectivity index (χ1v) is 9.68.